The lowest BCUT2D eigenvalue weighted by molar-refractivity contribution is 0.0911. The van der Waals surface area contributed by atoms with Gasteiger partial charge in [-0.05, 0) is 25.2 Å². The zero-order valence-electron chi connectivity index (χ0n) is 17.2. The molecular formula is C21H33N3O4. The zero-order chi connectivity index (χ0) is 20.7. The molecule has 156 valence electrons. The Hall–Kier alpha value is -2.15. The third-order valence-electron chi connectivity index (χ3n) is 5.17. The molecule has 1 aliphatic rings. The van der Waals surface area contributed by atoms with E-state index < -0.39 is 23.3 Å². The fourth-order valence-corrected chi connectivity index (χ4v) is 3.35. The van der Waals surface area contributed by atoms with E-state index in [0.717, 1.165) is 25.7 Å². The molecule has 7 heteroatoms. The van der Waals surface area contributed by atoms with Crippen molar-refractivity contribution in [2.24, 2.45) is 5.92 Å². The summed E-state index contributed by atoms with van der Waals surface area (Å²) in [7, 11) is 0. The maximum Gasteiger partial charge on any atom is 0.256 e. The zero-order valence-corrected chi connectivity index (χ0v) is 17.2. The van der Waals surface area contributed by atoms with Gasteiger partial charge in [-0.15, -0.1) is 0 Å². The molecule has 1 atom stereocenters. The van der Waals surface area contributed by atoms with E-state index >= 15 is 0 Å². The number of aliphatic hydroxyl groups is 1. The van der Waals surface area contributed by atoms with Crippen LogP contribution in [0.1, 0.15) is 86.1 Å². The molecule has 1 heterocycles. The maximum atomic E-state index is 12.8. The molecule has 1 aliphatic carbocycles. The second-order valence-electron chi connectivity index (χ2n) is 8.03. The third-order valence-corrected chi connectivity index (χ3v) is 5.17. The van der Waals surface area contributed by atoms with Gasteiger partial charge in [-0.1, -0.05) is 40.0 Å². The molecule has 7 nitrogen and oxygen atoms in total. The summed E-state index contributed by atoms with van der Waals surface area (Å²) >= 11 is 0. The lowest BCUT2D eigenvalue weighted by atomic mass is 9.95. The van der Waals surface area contributed by atoms with E-state index in [4.69, 9.17) is 0 Å². The van der Waals surface area contributed by atoms with Gasteiger partial charge in [-0.3, -0.25) is 14.4 Å². The Morgan fingerprint density at radius 3 is 2.11 bits per heavy atom. The van der Waals surface area contributed by atoms with Gasteiger partial charge in [0.15, 0.2) is 0 Å². The molecule has 28 heavy (non-hydrogen) atoms. The predicted molar refractivity (Wildman–Crippen MR) is 109 cm³/mol. The fourth-order valence-electron chi connectivity index (χ4n) is 3.35. The highest BCUT2D eigenvalue weighted by Crippen LogP contribution is 2.28. The second-order valence-corrected chi connectivity index (χ2v) is 8.03. The van der Waals surface area contributed by atoms with Crippen LogP contribution >= 0.6 is 0 Å². The molecule has 1 aromatic rings. The Labute approximate surface area is 166 Å². The summed E-state index contributed by atoms with van der Waals surface area (Å²) in [6.07, 6.45) is 8.28. The minimum Gasteiger partial charge on any atom is -0.391 e. The molecule has 2 rings (SSSR count). The number of nitrogens with one attached hydrogen (secondary N) is 2. The second kappa shape index (κ2) is 10.4. The fraction of sp³-hybridized carbons (Fsp3) is 0.667. The highest BCUT2D eigenvalue weighted by Gasteiger charge is 2.23. The van der Waals surface area contributed by atoms with Crippen molar-refractivity contribution in [2.45, 2.75) is 71.4 Å². The number of aliphatic hydroxyl groups excluding tert-OH is 1. The molecular weight excluding hydrogens is 358 g/mol. The van der Waals surface area contributed by atoms with Crippen molar-refractivity contribution in [1.82, 2.24) is 15.2 Å². The topological polar surface area (TPSA) is 100 Å². The standard InChI is InChI=1S/C21H33N3O4/c1-4-16(25)11-23-21(28)18-13-24(15-8-6-5-7-9-15)12-17(19(18)26)20(27)22-10-14(2)3/h12-16,25H,4-11H2,1-3H3,(H,22,27)(H,23,28)/t16-/m0/s1. The maximum absolute atomic E-state index is 12.8. The van der Waals surface area contributed by atoms with Gasteiger partial charge in [-0.25, -0.2) is 0 Å². The van der Waals surface area contributed by atoms with Crippen LogP contribution in [-0.4, -0.2) is 40.7 Å². The molecule has 0 aromatic carbocycles. The van der Waals surface area contributed by atoms with Crippen molar-refractivity contribution < 1.29 is 14.7 Å². The SMILES string of the molecule is CC[C@H](O)CNC(=O)c1cn(C2CCCCC2)cc(C(=O)NCC(C)C)c1=O. The first-order valence-corrected chi connectivity index (χ1v) is 10.3. The summed E-state index contributed by atoms with van der Waals surface area (Å²) in [5.41, 5.74) is -0.627. The van der Waals surface area contributed by atoms with Crippen LogP contribution in [0, 0.1) is 5.92 Å². The van der Waals surface area contributed by atoms with Crippen molar-refractivity contribution >= 4 is 11.8 Å². The van der Waals surface area contributed by atoms with E-state index in [1.807, 2.05) is 25.3 Å². The Morgan fingerprint density at radius 1 is 1.07 bits per heavy atom. The molecule has 1 fully saturated rings. The lowest BCUT2D eigenvalue weighted by Gasteiger charge is -2.25. The average molecular weight is 392 g/mol. The van der Waals surface area contributed by atoms with Crippen molar-refractivity contribution in [3.63, 3.8) is 0 Å². The number of hydrogen-bond donors (Lipinski definition) is 3. The van der Waals surface area contributed by atoms with Crippen LogP contribution in [0.5, 0.6) is 0 Å². The summed E-state index contributed by atoms with van der Waals surface area (Å²) in [6, 6.07) is 0.179. The number of carbonyl (C=O) groups excluding carboxylic acids is 2. The molecule has 0 unspecified atom stereocenters. The van der Waals surface area contributed by atoms with Crippen molar-refractivity contribution in [1.29, 1.82) is 0 Å². The first-order chi connectivity index (χ1) is 13.3. The average Bonchev–Trinajstić information content (AvgIpc) is 2.70. The normalized spacial score (nSPS) is 16.0. The first kappa shape index (κ1) is 22.1. The molecule has 0 radical (unpaired) electrons. The minimum absolute atomic E-state index is 0.00471. The Balaban J connectivity index is 2.35. The van der Waals surface area contributed by atoms with E-state index in [1.54, 1.807) is 12.4 Å². The van der Waals surface area contributed by atoms with Crippen molar-refractivity contribution in [3.8, 4) is 0 Å². The van der Waals surface area contributed by atoms with Crippen LogP contribution in [0.15, 0.2) is 17.2 Å². The van der Waals surface area contributed by atoms with Gasteiger partial charge in [-0.2, -0.15) is 0 Å². The number of rotatable bonds is 8. The summed E-state index contributed by atoms with van der Waals surface area (Å²) < 4.78 is 1.86. The lowest BCUT2D eigenvalue weighted by Crippen LogP contribution is -2.38. The van der Waals surface area contributed by atoms with Crippen LogP contribution in [0.25, 0.3) is 0 Å². The van der Waals surface area contributed by atoms with Gasteiger partial charge in [0.2, 0.25) is 5.43 Å². The number of carbonyl (C=O) groups is 2. The molecule has 0 saturated heterocycles. The van der Waals surface area contributed by atoms with E-state index in [-0.39, 0.29) is 29.6 Å². The molecule has 1 saturated carbocycles. The minimum atomic E-state index is -0.665. The highest BCUT2D eigenvalue weighted by atomic mass is 16.3. The Morgan fingerprint density at radius 2 is 1.61 bits per heavy atom. The molecule has 0 bridgehead atoms. The van der Waals surface area contributed by atoms with Crippen LogP contribution in [-0.2, 0) is 0 Å². The molecule has 0 spiro atoms. The monoisotopic (exact) mass is 391 g/mol. The molecule has 3 N–H and O–H groups in total. The molecule has 0 aliphatic heterocycles. The summed E-state index contributed by atoms with van der Waals surface area (Å²) in [4.78, 5) is 38.0. The summed E-state index contributed by atoms with van der Waals surface area (Å²) in [6.45, 7) is 6.29. The van der Waals surface area contributed by atoms with Crippen molar-refractivity contribution in [3.05, 3.63) is 33.7 Å². The Bertz CT molecular complexity index is 736. The number of hydrogen-bond acceptors (Lipinski definition) is 4. The van der Waals surface area contributed by atoms with E-state index in [0.29, 0.717) is 13.0 Å². The quantitative estimate of drug-likeness (QED) is 0.633. The van der Waals surface area contributed by atoms with Gasteiger partial charge >= 0.3 is 0 Å². The molecule has 1 aromatic heterocycles. The summed E-state index contributed by atoms with van der Waals surface area (Å²) in [5.74, 6) is -0.751. The van der Waals surface area contributed by atoms with E-state index in [2.05, 4.69) is 10.6 Å². The van der Waals surface area contributed by atoms with Crippen LogP contribution in [0.3, 0.4) is 0 Å². The predicted octanol–water partition coefficient (Wildman–Crippen LogP) is 2.24. The van der Waals surface area contributed by atoms with Crippen LogP contribution in [0.2, 0.25) is 0 Å². The third kappa shape index (κ3) is 5.92. The number of pyridine rings is 1. The van der Waals surface area contributed by atoms with Gasteiger partial charge in [0, 0.05) is 31.5 Å². The highest BCUT2D eigenvalue weighted by molar-refractivity contribution is 5.99. The molecule has 2 amide bonds. The summed E-state index contributed by atoms with van der Waals surface area (Å²) in [5, 5.41) is 15.1. The smallest absolute Gasteiger partial charge is 0.256 e. The number of amides is 2. The first-order valence-electron chi connectivity index (χ1n) is 10.3. The number of nitrogens with zero attached hydrogens (tertiary/aromatic N) is 1. The van der Waals surface area contributed by atoms with Crippen LogP contribution < -0.4 is 16.1 Å². The Kier molecular flexibility index (Phi) is 8.23. The van der Waals surface area contributed by atoms with E-state index in [9.17, 15) is 19.5 Å². The van der Waals surface area contributed by atoms with Crippen molar-refractivity contribution in [2.75, 3.05) is 13.1 Å². The van der Waals surface area contributed by atoms with E-state index in [1.165, 1.54) is 6.42 Å². The number of aromatic nitrogens is 1. The largest absolute Gasteiger partial charge is 0.391 e. The van der Waals surface area contributed by atoms with Gasteiger partial charge < -0.3 is 20.3 Å². The van der Waals surface area contributed by atoms with Gasteiger partial charge in [0.25, 0.3) is 11.8 Å². The van der Waals surface area contributed by atoms with Gasteiger partial charge in [0.1, 0.15) is 11.1 Å². The van der Waals surface area contributed by atoms with Gasteiger partial charge in [0.05, 0.1) is 6.10 Å². The van der Waals surface area contributed by atoms with Crippen LogP contribution in [0.4, 0.5) is 0 Å².